The third kappa shape index (κ3) is 3.05. The SMILES string of the molecule is CC(=O)Oc1ccccc1COCl. The fourth-order valence-corrected chi connectivity index (χ4v) is 1.05. The van der Waals surface area contributed by atoms with Gasteiger partial charge >= 0.3 is 5.97 Å². The van der Waals surface area contributed by atoms with Crippen LogP contribution < -0.4 is 4.74 Å². The zero-order valence-electron chi connectivity index (χ0n) is 7.12. The Morgan fingerprint density at radius 3 is 2.77 bits per heavy atom. The van der Waals surface area contributed by atoms with Crippen LogP contribution in [0, 0.1) is 0 Å². The third-order valence-corrected chi connectivity index (χ3v) is 1.55. The lowest BCUT2D eigenvalue weighted by Gasteiger charge is -2.05. The summed E-state index contributed by atoms with van der Waals surface area (Å²) >= 11 is 5.10. The molecule has 1 rings (SSSR count). The first-order valence-corrected chi connectivity index (χ1v) is 4.04. The average molecular weight is 201 g/mol. The van der Waals surface area contributed by atoms with Gasteiger partial charge in [0.25, 0.3) is 0 Å². The van der Waals surface area contributed by atoms with Gasteiger partial charge < -0.3 is 4.74 Å². The van der Waals surface area contributed by atoms with Gasteiger partial charge in [0, 0.05) is 12.5 Å². The molecule has 0 spiro atoms. The lowest BCUT2D eigenvalue weighted by atomic mass is 10.2. The van der Waals surface area contributed by atoms with E-state index in [9.17, 15) is 4.79 Å². The Hall–Kier alpha value is -1.06. The summed E-state index contributed by atoms with van der Waals surface area (Å²) in [5.41, 5.74) is 0.743. The fraction of sp³-hybridized carbons (Fsp3) is 0.222. The van der Waals surface area contributed by atoms with E-state index in [1.807, 2.05) is 6.07 Å². The van der Waals surface area contributed by atoms with Crippen LogP contribution in [-0.4, -0.2) is 5.97 Å². The van der Waals surface area contributed by atoms with Crippen LogP contribution in [0.15, 0.2) is 24.3 Å². The molecule has 13 heavy (non-hydrogen) atoms. The Balaban J connectivity index is 2.84. The van der Waals surface area contributed by atoms with E-state index in [-0.39, 0.29) is 12.6 Å². The van der Waals surface area contributed by atoms with E-state index in [0.29, 0.717) is 5.75 Å². The van der Waals surface area contributed by atoms with Crippen molar-refractivity contribution in [3.05, 3.63) is 29.8 Å². The van der Waals surface area contributed by atoms with Crippen LogP contribution in [0.1, 0.15) is 12.5 Å². The summed E-state index contributed by atoms with van der Waals surface area (Å²) < 4.78 is 9.35. The molecule has 0 radical (unpaired) electrons. The number of carbonyl (C=O) groups is 1. The van der Waals surface area contributed by atoms with Crippen molar-refractivity contribution in [3.63, 3.8) is 0 Å². The molecule has 0 unspecified atom stereocenters. The average Bonchev–Trinajstić information content (AvgIpc) is 2.08. The van der Waals surface area contributed by atoms with Gasteiger partial charge in [0.15, 0.2) is 0 Å². The highest BCUT2D eigenvalue weighted by Gasteiger charge is 2.04. The van der Waals surface area contributed by atoms with Crippen LogP contribution in [0.4, 0.5) is 0 Å². The Morgan fingerprint density at radius 2 is 2.15 bits per heavy atom. The summed E-state index contributed by atoms with van der Waals surface area (Å²) in [6.45, 7) is 1.56. The maximum atomic E-state index is 10.7. The highest BCUT2D eigenvalue weighted by atomic mass is 35.5. The lowest BCUT2D eigenvalue weighted by Crippen LogP contribution is -2.03. The number of carbonyl (C=O) groups excluding carboxylic acids is 1. The molecular weight excluding hydrogens is 192 g/mol. The van der Waals surface area contributed by atoms with Crippen LogP contribution >= 0.6 is 11.9 Å². The van der Waals surface area contributed by atoms with Crippen molar-refractivity contribution in [2.24, 2.45) is 0 Å². The van der Waals surface area contributed by atoms with Gasteiger partial charge in [-0.1, -0.05) is 18.2 Å². The molecule has 0 aliphatic rings. The van der Waals surface area contributed by atoms with Crippen LogP contribution in [-0.2, 0) is 15.7 Å². The molecule has 1 aromatic rings. The molecule has 0 aliphatic carbocycles. The predicted molar refractivity (Wildman–Crippen MR) is 48.4 cm³/mol. The number of benzene rings is 1. The molecule has 3 nitrogen and oxygen atoms in total. The fourth-order valence-electron chi connectivity index (χ4n) is 0.936. The van der Waals surface area contributed by atoms with Crippen molar-refractivity contribution in [2.45, 2.75) is 13.5 Å². The zero-order valence-corrected chi connectivity index (χ0v) is 7.88. The smallest absolute Gasteiger partial charge is 0.308 e. The topological polar surface area (TPSA) is 35.5 Å². The number of hydrogen-bond acceptors (Lipinski definition) is 3. The summed E-state index contributed by atoms with van der Waals surface area (Å²) in [5, 5.41) is 0. The van der Waals surface area contributed by atoms with Crippen molar-refractivity contribution in [1.29, 1.82) is 0 Å². The Morgan fingerprint density at radius 1 is 1.46 bits per heavy atom. The van der Waals surface area contributed by atoms with E-state index in [4.69, 9.17) is 16.6 Å². The Kier molecular flexibility index (Phi) is 3.73. The highest BCUT2D eigenvalue weighted by Crippen LogP contribution is 2.19. The van der Waals surface area contributed by atoms with E-state index in [2.05, 4.69) is 4.29 Å². The van der Waals surface area contributed by atoms with Gasteiger partial charge in [-0.15, -0.1) is 0 Å². The third-order valence-electron chi connectivity index (χ3n) is 1.44. The minimum atomic E-state index is -0.359. The van der Waals surface area contributed by atoms with Crippen molar-refractivity contribution in [3.8, 4) is 5.75 Å². The number of para-hydroxylation sites is 1. The van der Waals surface area contributed by atoms with Gasteiger partial charge in [-0.25, -0.2) is 0 Å². The molecule has 0 aromatic heterocycles. The van der Waals surface area contributed by atoms with E-state index < -0.39 is 0 Å². The van der Waals surface area contributed by atoms with Crippen LogP contribution in [0.5, 0.6) is 5.75 Å². The Bertz CT molecular complexity index is 299. The van der Waals surface area contributed by atoms with Gasteiger partial charge in [0.1, 0.15) is 5.75 Å². The molecular formula is C9H9ClO3. The number of halogens is 1. The molecule has 0 saturated carbocycles. The summed E-state index contributed by atoms with van der Waals surface area (Å²) in [4.78, 5) is 10.7. The van der Waals surface area contributed by atoms with Crippen molar-refractivity contribution < 1.29 is 13.8 Å². The van der Waals surface area contributed by atoms with Gasteiger partial charge in [-0.2, -0.15) is 0 Å². The van der Waals surface area contributed by atoms with E-state index >= 15 is 0 Å². The minimum Gasteiger partial charge on any atom is -0.426 e. The summed E-state index contributed by atoms with van der Waals surface area (Å²) in [7, 11) is 0. The molecule has 1 aromatic carbocycles. The van der Waals surface area contributed by atoms with Gasteiger partial charge in [0.05, 0.1) is 18.5 Å². The molecule has 0 atom stereocenters. The maximum Gasteiger partial charge on any atom is 0.308 e. The van der Waals surface area contributed by atoms with Gasteiger partial charge in [-0.3, -0.25) is 9.08 Å². The number of esters is 1. The van der Waals surface area contributed by atoms with E-state index in [0.717, 1.165) is 5.56 Å². The van der Waals surface area contributed by atoms with Crippen molar-refractivity contribution in [2.75, 3.05) is 0 Å². The number of ether oxygens (including phenoxy) is 1. The predicted octanol–water partition coefficient (Wildman–Crippen LogP) is 2.28. The molecule has 0 fully saturated rings. The quantitative estimate of drug-likeness (QED) is 0.555. The van der Waals surface area contributed by atoms with Crippen LogP contribution in [0.2, 0.25) is 0 Å². The standard InChI is InChI=1S/C9H9ClO3/c1-7(11)13-9-5-3-2-4-8(9)6-12-10/h2-5H,6H2,1H3. The van der Waals surface area contributed by atoms with Crippen LogP contribution in [0.3, 0.4) is 0 Å². The van der Waals surface area contributed by atoms with E-state index in [1.54, 1.807) is 18.2 Å². The molecule has 0 aliphatic heterocycles. The zero-order chi connectivity index (χ0) is 9.68. The number of hydrogen-bond donors (Lipinski definition) is 0. The maximum absolute atomic E-state index is 10.7. The lowest BCUT2D eigenvalue weighted by molar-refractivity contribution is -0.131. The van der Waals surface area contributed by atoms with Gasteiger partial charge in [0.2, 0.25) is 0 Å². The van der Waals surface area contributed by atoms with E-state index in [1.165, 1.54) is 6.92 Å². The summed E-state index contributed by atoms with van der Waals surface area (Å²) in [6.07, 6.45) is 0. The van der Waals surface area contributed by atoms with Gasteiger partial charge in [-0.05, 0) is 6.07 Å². The monoisotopic (exact) mass is 200 g/mol. The second-order valence-corrected chi connectivity index (χ2v) is 2.67. The minimum absolute atomic E-state index is 0.213. The normalized spacial score (nSPS) is 9.69. The molecule has 0 bridgehead atoms. The molecule has 70 valence electrons. The Labute approximate surface area is 81.4 Å². The van der Waals surface area contributed by atoms with Crippen molar-refractivity contribution in [1.82, 2.24) is 0 Å². The molecule has 4 heteroatoms. The van der Waals surface area contributed by atoms with Crippen molar-refractivity contribution >= 4 is 17.8 Å². The summed E-state index contributed by atoms with van der Waals surface area (Å²) in [5.74, 6) is 0.123. The second kappa shape index (κ2) is 4.84. The molecule has 0 amide bonds. The van der Waals surface area contributed by atoms with Crippen LogP contribution in [0.25, 0.3) is 0 Å². The highest BCUT2D eigenvalue weighted by molar-refractivity contribution is 6.07. The molecule has 0 heterocycles. The first kappa shape index (κ1) is 10.0. The first-order valence-electron chi connectivity index (χ1n) is 3.74. The molecule has 0 saturated heterocycles. The molecule has 0 N–H and O–H groups in total. The first-order chi connectivity index (χ1) is 6.24. The summed E-state index contributed by atoms with van der Waals surface area (Å²) in [6, 6.07) is 7.06. The second-order valence-electron chi connectivity index (χ2n) is 2.45. The number of rotatable bonds is 3. The largest absolute Gasteiger partial charge is 0.426 e.